The van der Waals surface area contributed by atoms with Crippen molar-refractivity contribution in [2.45, 2.75) is 13.5 Å². The molecule has 1 N–H and O–H groups in total. The van der Waals surface area contributed by atoms with Crippen molar-refractivity contribution in [1.82, 2.24) is 5.32 Å². The zero-order chi connectivity index (χ0) is 21.0. The Hall–Kier alpha value is -2.29. The molecule has 2 aromatic rings. The van der Waals surface area contributed by atoms with Crippen molar-refractivity contribution in [1.29, 1.82) is 0 Å². The molecule has 0 radical (unpaired) electrons. The van der Waals surface area contributed by atoms with Crippen LogP contribution >= 0.6 is 39.3 Å². The average molecular weight is 496 g/mol. The number of thioether (sulfide) groups is 1. The van der Waals surface area contributed by atoms with Crippen molar-refractivity contribution >= 4 is 62.4 Å². The van der Waals surface area contributed by atoms with E-state index in [4.69, 9.17) is 21.1 Å². The summed E-state index contributed by atoms with van der Waals surface area (Å²) in [6, 6.07) is 11.0. The second-order valence-electron chi connectivity index (χ2n) is 5.96. The SMILES string of the molecule is COc1cc(/C=C2\SC(NC(C)=O)=NC2=O)cc(Br)c1OCc1ccc(Cl)cc1. The van der Waals surface area contributed by atoms with Gasteiger partial charge in [-0.05, 0) is 69.2 Å². The van der Waals surface area contributed by atoms with Gasteiger partial charge in [0.05, 0.1) is 16.5 Å². The molecular formula is C20H16BrClN2O4S. The van der Waals surface area contributed by atoms with Gasteiger partial charge >= 0.3 is 0 Å². The van der Waals surface area contributed by atoms with Crippen molar-refractivity contribution in [3.63, 3.8) is 0 Å². The third kappa shape index (κ3) is 5.62. The molecule has 0 unspecified atom stereocenters. The van der Waals surface area contributed by atoms with Crippen molar-refractivity contribution in [2.24, 2.45) is 4.99 Å². The van der Waals surface area contributed by atoms with Crippen LogP contribution in [0.4, 0.5) is 0 Å². The lowest BCUT2D eigenvalue weighted by atomic mass is 10.2. The summed E-state index contributed by atoms with van der Waals surface area (Å²) in [5, 5.41) is 3.45. The second-order valence-corrected chi connectivity index (χ2v) is 8.28. The molecule has 29 heavy (non-hydrogen) atoms. The van der Waals surface area contributed by atoms with E-state index >= 15 is 0 Å². The topological polar surface area (TPSA) is 77.0 Å². The van der Waals surface area contributed by atoms with E-state index in [1.807, 2.05) is 18.2 Å². The van der Waals surface area contributed by atoms with E-state index in [-0.39, 0.29) is 11.1 Å². The van der Waals surface area contributed by atoms with Gasteiger partial charge in [0, 0.05) is 11.9 Å². The highest BCUT2D eigenvalue weighted by Gasteiger charge is 2.23. The number of amidine groups is 1. The van der Waals surface area contributed by atoms with Crippen molar-refractivity contribution < 1.29 is 19.1 Å². The Bertz CT molecular complexity index is 1020. The highest BCUT2D eigenvalue weighted by atomic mass is 79.9. The van der Waals surface area contributed by atoms with Gasteiger partial charge in [0.1, 0.15) is 6.61 Å². The van der Waals surface area contributed by atoms with Gasteiger partial charge in [0.2, 0.25) is 5.91 Å². The van der Waals surface area contributed by atoms with Crippen LogP contribution in [0.15, 0.2) is 50.8 Å². The number of methoxy groups -OCH3 is 1. The fourth-order valence-corrected chi connectivity index (χ4v) is 4.02. The molecule has 1 heterocycles. The standard InChI is InChI=1S/C20H16BrClN2O4S/c1-11(25)23-20-24-19(26)17(29-20)9-13-7-15(21)18(16(8-13)27-2)28-10-12-3-5-14(22)6-4-12/h3-9H,10H2,1-2H3,(H,23,24,25,26)/b17-9-. The van der Waals surface area contributed by atoms with Crippen LogP contribution in [0.5, 0.6) is 11.5 Å². The van der Waals surface area contributed by atoms with Gasteiger partial charge in [0.25, 0.3) is 5.91 Å². The van der Waals surface area contributed by atoms with Crippen LogP contribution in [0.3, 0.4) is 0 Å². The molecule has 0 atom stereocenters. The molecule has 0 aromatic heterocycles. The number of halogens is 2. The maximum Gasteiger partial charge on any atom is 0.286 e. The van der Waals surface area contributed by atoms with Crippen LogP contribution in [0.25, 0.3) is 6.08 Å². The Balaban J connectivity index is 1.79. The lowest BCUT2D eigenvalue weighted by Crippen LogP contribution is -2.23. The highest BCUT2D eigenvalue weighted by molar-refractivity contribution is 9.10. The molecule has 0 spiro atoms. The van der Waals surface area contributed by atoms with Crippen molar-refractivity contribution in [2.75, 3.05) is 7.11 Å². The molecule has 1 aliphatic rings. The average Bonchev–Trinajstić information content (AvgIpc) is 2.99. The summed E-state index contributed by atoms with van der Waals surface area (Å²) in [7, 11) is 1.54. The van der Waals surface area contributed by atoms with E-state index < -0.39 is 5.91 Å². The lowest BCUT2D eigenvalue weighted by Gasteiger charge is -2.14. The third-order valence-electron chi connectivity index (χ3n) is 3.75. The monoisotopic (exact) mass is 494 g/mol. The van der Waals surface area contributed by atoms with Crippen LogP contribution in [-0.4, -0.2) is 24.1 Å². The van der Waals surface area contributed by atoms with E-state index in [1.165, 1.54) is 6.92 Å². The predicted molar refractivity (Wildman–Crippen MR) is 118 cm³/mol. The molecule has 0 bridgehead atoms. The summed E-state index contributed by atoms with van der Waals surface area (Å²) in [5.74, 6) is 0.373. The molecule has 150 valence electrons. The first-order valence-corrected chi connectivity index (χ1v) is 10.4. The summed E-state index contributed by atoms with van der Waals surface area (Å²) in [6.45, 7) is 1.70. The van der Waals surface area contributed by atoms with E-state index in [1.54, 1.807) is 31.4 Å². The van der Waals surface area contributed by atoms with E-state index in [9.17, 15) is 9.59 Å². The molecule has 6 nitrogen and oxygen atoms in total. The smallest absolute Gasteiger partial charge is 0.286 e. The zero-order valence-corrected chi connectivity index (χ0v) is 18.7. The molecule has 3 rings (SSSR count). The molecule has 0 fully saturated rings. The maximum absolute atomic E-state index is 12.1. The van der Waals surface area contributed by atoms with E-state index in [2.05, 4.69) is 26.2 Å². The summed E-state index contributed by atoms with van der Waals surface area (Å²) in [5.41, 5.74) is 1.69. The second kappa shape index (κ2) is 9.47. The Morgan fingerprint density at radius 1 is 1.31 bits per heavy atom. The van der Waals surface area contributed by atoms with Gasteiger partial charge in [0.15, 0.2) is 16.7 Å². The fraction of sp³-hybridized carbons (Fsp3) is 0.150. The van der Waals surface area contributed by atoms with Gasteiger partial charge in [-0.25, -0.2) is 0 Å². The van der Waals surface area contributed by atoms with Gasteiger partial charge in [-0.15, -0.1) is 0 Å². The van der Waals surface area contributed by atoms with Crippen LogP contribution in [0.2, 0.25) is 5.02 Å². The van der Waals surface area contributed by atoms with Crippen LogP contribution in [-0.2, 0) is 16.2 Å². The third-order valence-corrected chi connectivity index (χ3v) is 5.49. The van der Waals surface area contributed by atoms with Gasteiger partial charge in [-0.2, -0.15) is 4.99 Å². The van der Waals surface area contributed by atoms with Gasteiger partial charge in [-0.1, -0.05) is 23.7 Å². The summed E-state index contributed by atoms with van der Waals surface area (Å²) >= 11 is 10.5. The Labute approximate surface area is 185 Å². The number of rotatable bonds is 5. The predicted octanol–water partition coefficient (Wildman–Crippen LogP) is 4.80. The fourth-order valence-electron chi connectivity index (χ4n) is 2.46. The summed E-state index contributed by atoms with van der Waals surface area (Å²) in [4.78, 5) is 27.4. The van der Waals surface area contributed by atoms with Crippen LogP contribution in [0.1, 0.15) is 18.1 Å². The number of nitrogens with one attached hydrogen (secondary N) is 1. The van der Waals surface area contributed by atoms with Crippen molar-refractivity contribution in [3.05, 3.63) is 61.9 Å². The van der Waals surface area contributed by atoms with Crippen LogP contribution < -0.4 is 14.8 Å². The largest absolute Gasteiger partial charge is 0.493 e. The highest BCUT2D eigenvalue weighted by Crippen LogP contribution is 2.38. The summed E-state index contributed by atoms with van der Waals surface area (Å²) < 4.78 is 12.0. The lowest BCUT2D eigenvalue weighted by molar-refractivity contribution is -0.117. The van der Waals surface area contributed by atoms with Gasteiger partial charge < -0.3 is 14.8 Å². The molecule has 0 saturated heterocycles. The molecule has 1 aliphatic heterocycles. The summed E-state index contributed by atoms with van der Waals surface area (Å²) in [6.07, 6.45) is 1.68. The molecule has 2 amide bonds. The number of carbonyl (C=O) groups is 2. The minimum Gasteiger partial charge on any atom is -0.493 e. The molecular weight excluding hydrogens is 480 g/mol. The number of benzene rings is 2. The first-order valence-electron chi connectivity index (χ1n) is 8.40. The molecule has 0 saturated carbocycles. The van der Waals surface area contributed by atoms with Crippen LogP contribution in [0, 0.1) is 0 Å². The molecule has 9 heteroatoms. The number of hydrogen-bond acceptors (Lipinski definition) is 5. The number of hydrogen-bond donors (Lipinski definition) is 1. The van der Waals surface area contributed by atoms with E-state index in [0.717, 1.165) is 22.9 Å². The molecule has 0 aliphatic carbocycles. The Morgan fingerprint density at radius 3 is 2.69 bits per heavy atom. The minimum absolute atomic E-state index is 0.266. The van der Waals surface area contributed by atoms with E-state index in [0.29, 0.717) is 32.5 Å². The normalized spacial score (nSPS) is 14.7. The number of aliphatic imine (C=N–C) groups is 1. The number of amides is 2. The number of carbonyl (C=O) groups excluding carboxylic acids is 2. The zero-order valence-electron chi connectivity index (χ0n) is 15.5. The Kier molecular flexibility index (Phi) is 7.00. The Morgan fingerprint density at radius 2 is 2.03 bits per heavy atom. The maximum atomic E-state index is 12.1. The quantitative estimate of drug-likeness (QED) is 0.603. The number of ether oxygens (including phenoxy) is 2. The number of nitrogens with zero attached hydrogens (tertiary/aromatic N) is 1. The first kappa shape index (κ1) is 21.4. The molecule has 2 aromatic carbocycles. The first-order chi connectivity index (χ1) is 13.9. The minimum atomic E-state index is -0.406. The van der Waals surface area contributed by atoms with Gasteiger partial charge in [-0.3, -0.25) is 9.59 Å². The van der Waals surface area contributed by atoms with Crippen molar-refractivity contribution in [3.8, 4) is 11.5 Å².